The van der Waals surface area contributed by atoms with Crippen molar-refractivity contribution < 1.29 is 4.74 Å². The Balaban J connectivity index is 2.48. The average Bonchev–Trinajstić information content (AvgIpc) is 2.60. The van der Waals surface area contributed by atoms with Gasteiger partial charge < -0.3 is 10.5 Å². The molecule has 0 aliphatic heterocycles. The number of ether oxygens (including phenoxy) is 1. The zero-order valence-corrected chi connectivity index (χ0v) is 10.4. The number of aromatic nitrogens is 1. The molecule has 3 nitrogen and oxygen atoms in total. The summed E-state index contributed by atoms with van der Waals surface area (Å²) in [7, 11) is 1.62. The van der Waals surface area contributed by atoms with Gasteiger partial charge in [0.2, 0.25) is 0 Å². The number of nitrogen functional groups attached to an aromatic ring is 1. The number of benzene rings is 1. The number of anilines is 1. The third kappa shape index (κ3) is 1.88. The summed E-state index contributed by atoms with van der Waals surface area (Å²) < 4.78 is 5.20. The lowest BCUT2D eigenvalue weighted by Gasteiger charge is -2.05. The highest BCUT2D eigenvalue weighted by Crippen LogP contribution is 2.32. The summed E-state index contributed by atoms with van der Waals surface area (Å²) in [5.41, 5.74) is 8.55. The van der Waals surface area contributed by atoms with Crippen molar-refractivity contribution in [3.63, 3.8) is 0 Å². The van der Waals surface area contributed by atoms with Crippen LogP contribution in [-0.4, -0.2) is 12.1 Å². The molecule has 4 heteroatoms. The molecule has 2 rings (SSSR count). The zero-order chi connectivity index (χ0) is 11.7. The van der Waals surface area contributed by atoms with E-state index in [0.29, 0.717) is 11.4 Å². The standard InChI is InChI=1S/C12H14N2OS/c1-7-8(2)16-12(14-7)9-4-5-10(13)11(6-9)15-3/h4-6H,13H2,1-3H3. The SMILES string of the molecule is COc1cc(-c2nc(C)c(C)s2)ccc1N. The fraction of sp³-hybridized carbons (Fsp3) is 0.250. The van der Waals surface area contributed by atoms with Crippen LogP contribution in [0.5, 0.6) is 5.75 Å². The molecule has 0 aliphatic rings. The van der Waals surface area contributed by atoms with Crippen LogP contribution in [0.4, 0.5) is 5.69 Å². The molecular formula is C12H14N2OS. The van der Waals surface area contributed by atoms with Crippen molar-refractivity contribution in [2.75, 3.05) is 12.8 Å². The normalized spacial score (nSPS) is 10.4. The minimum atomic E-state index is 0.649. The second-order valence-corrected chi connectivity index (χ2v) is 4.82. The van der Waals surface area contributed by atoms with Crippen molar-refractivity contribution in [2.45, 2.75) is 13.8 Å². The van der Waals surface area contributed by atoms with Gasteiger partial charge in [-0.15, -0.1) is 11.3 Å². The highest BCUT2D eigenvalue weighted by atomic mass is 32.1. The molecular weight excluding hydrogens is 220 g/mol. The van der Waals surface area contributed by atoms with Crippen molar-refractivity contribution in [3.8, 4) is 16.3 Å². The summed E-state index contributed by atoms with van der Waals surface area (Å²) in [6, 6.07) is 5.74. The maximum Gasteiger partial charge on any atom is 0.142 e. The van der Waals surface area contributed by atoms with Crippen LogP contribution in [0, 0.1) is 13.8 Å². The van der Waals surface area contributed by atoms with Crippen LogP contribution in [0.2, 0.25) is 0 Å². The lowest BCUT2D eigenvalue weighted by atomic mass is 10.2. The molecule has 84 valence electrons. The number of hydrogen-bond donors (Lipinski definition) is 1. The predicted molar refractivity (Wildman–Crippen MR) is 68.0 cm³/mol. The van der Waals surface area contributed by atoms with Crippen molar-refractivity contribution in [1.82, 2.24) is 4.98 Å². The summed E-state index contributed by atoms with van der Waals surface area (Å²) in [6.45, 7) is 4.09. The van der Waals surface area contributed by atoms with Gasteiger partial charge in [0.05, 0.1) is 18.5 Å². The Kier molecular flexibility index (Phi) is 2.83. The highest BCUT2D eigenvalue weighted by Gasteiger charge is 2.08. The molecule has 2 N–H and O–H groups in total. The van der Waals surface area contributed by atoms with Crippen LogP contribution in [0.15, 0.2) is 18.2 Å². The molecule has 1 aromatic heterocycles. The van der Waals surface area contributed by atoms with E-state index in [1.165, 1.54) is 4.88 Å². The van der Waals surface area contributed by atoms with Gasteiger partial charge in [-0.05, 0) is 32.0 Å². The van der Waals surface area contributed by atoms with E-state index in [1.807, 2.05) is 25.1 Å². The maximum absolute atomic E-state index is 5.77. The Morgan fingerprint density at radius 3 is 2.62 bits per heavy atom. The van der Waals surface area contributed by atoms with E-state index in [9.17, 15) is 0 Å². The van der Waals surface area contributed by atoms with E-state index in [1.54, 1.807) is 18.4 Å². The fourth-order valence-corrected chi connectivity index (χ4v) is 2.35. The third-order valence-electron chi connectivity index (χ3n) is 2.51. The fourth-order valence-electron chi connectivity index (χ4n) is 1.44. The molecule has 0 amide bonds. The van der Waals surface area contributed by atoms with Gasteiger partial charge in [-0.25, -0.2) is 4.98 Å². The van der Waals surface area contributed by atoms with E-state index in [4.69, 9.17) is 10.5 Å². The quantitative estimate of drug-likeness (QED) is 0.812. The average molecular weight is 234 g/mol. The zero-order valence-electron chi connectivity index (χ0n) is 9.57. The Bertz CT molecular complexity index is 500. The van der Waals surface area contributed by atoms with Crippen LogP contribution in [0.1, 0.15) is 10.6 Å². The Hall–Kier alpha value is -1.55. The number of aryl methyl sites for hydroxylation is 2. The monoisotopic (exact) mass is 234 g/mol. The second-order valence-electron chi connectivity index (χ2n) is 3.62. The van der Waals surface area contributed by atoms with Crippen molar-refractivity contribution in [1.29, 1.82) is 0 Å². The topological polar surface area (TPSA) is 48.1 Å². The van der Waals surface area contributed by atoms with Crippen molar-refractivity contribution >= 4 is 17.0 Å². The van der Waals surface area contributed by atoms with E-state index in [0.717, 1.165) is 16.3 Å². The lowest BCUT2D eigenvalue weighted by Crippen LogP contribution is -1.92. The van der Waals surface area contributed by atoms with Gasteiger partial charge in [-0.2, -0.15) is 0 Å². The molecule has 0 radical (unpaired) electrons. The molecule has 0 saturated carbocycles. The molecule has 2 aromatic rings. The Morgan fingerprint density at radius 1 is 1.31 bits per heavy atom. The number of nitrogens with two attached hydrogens (primary N) is 1. The van der Waals surface area contributed by atoms with Gasteiger partial charge in [-0.1, -0.05) is 0 Å². The first-order valence-electron chi connectivity index (χ1n) is 4.99. The van der Waals surface area contributed by atoms with Crippen LogP contribution in [0.3, 0.4) is 0 Å². The van der Waals surface area contributed by atoms with Crippen molar-refractivity contribution in [2.24, 2.45) is 0 Å². The minimum Gasteiger partial charge on any atom is -0.495 e. The van der Waals surface area contributed by atoms with Crippen molar-refractivity contribution in [3.05, 3.63) is 28.8 Å². The summed E-state index contributed by atoms with van der Waals surface area (Å²) in [4.78, 5) is 5.75. The number of thiazole rings is 1. The van der Waals surface area contributed by atoms with E-state index in [-0.39, 0.29) is 0 Å². The van der Waals surface area contributed by atoms with Gasteiger partial charge in [-0.3, -0.25) is 0 Å². The molecule has 1 aromatic carbocycles. The lowest BCUT2D eigenvalue weighted by molar-refractivity contribution is 0.417. The number of nitrogens with zero attached hydrogens (tertiary/aromatic N) is 1. The van der Waals surface area contributed by atoms with E-state index >= 15 is 0 Å². The van der Waals surface area contributed by atoms with Crippen LogP contribution in [0.25, 0.3) is 10.6 Å². The summed E-state index contributed by atoms with van der Waals surface area (Å²) >= 11 is 1.69. The van der Waals surface area contributed by atoms with Gasteiger partial charge in [0.15, 0.2) is 0 Å². The van der Waals surface area contributed by atoms with Gasteiger partial charge >= 0.3 is 0 Å². The van der Waals surface area contributed by atoms with Crippen LogP contribution >= 0.6 is 11.3 Å². The first kappa shape index (κ1) is 11.0. The number of hydrogen-bond acceptors (Lipinski definition) is 4. The molecule has 0 unspecified atom stereocenters. The van der Waals surface area contributed by atoms with Gasteiger partial charge in [0.25, 0.3) is 0 Å². The first-order chi connectivity index (χ1) is 7.61. The molecule has 0 spiro atoms. The summed E-state index contributed by atoms with van der Waals surface area (Å²) in [5.74, 6) is 0.697. The molecule has 0 bridgehead atoms. The molecule has 0 saturated heterocycles. The molecule has 0 atom stereocenters. The molecule has 1 heterocycles. The Labute approximate surface area is 98.9 Å². The Morgan fingerprint density at radius 2 is 2.06 bits per heavy atom. The second kappa shape index (κ2) is 4.14. The number of methoxy groups -OCH3 is 1. The van der Waals surface area contributed by atoms with E-state index in [2.05, 4.69) is 11.9 Å². The number of rotatable bonds is 2. The summed E-state index contributed by atoms with van der Waals surface area (Å²) in [5, 5.41) is 1.01. The molecule has 0 aliphatic carbocycles. The summed E-state index contributed by atoms with van der Waals surface area (Å²) in [6.07, 6.45) is 0. The minimum absolute atomic E-state index is 0.649. The van der Waals surface area contributed by atoms with Crippen LogP contribution < -0.4 is 10.5 Å². The first-order valence-corrected chi connectivity index (χ1v) is 5.81. The maximum atomic E-state index is 5.77. The van der Waals surface area contributed by atoms with Gasteiger partial charge in [0.1, 0.15) is 10.8 Å². The smallest absolute Gasteiger partial charge is 0.142 e. The largest absolute Gasteiger partial charge is 0.495 e. The predicted octanol–water partition coefficient (Wildman–Crippen LogP) is 3.02. The van der Waals surface area contributed by atoms with Crippen LogP contribution in [-0.2, 0) is 0 Å². The van der Waals surface area contributed by atoms with Gasteiger partial charge in [0, 0.05) is 10.4 Å². The molecule has 16 heavy (non-hydrogen) atoms. The molecule has 0 fully saturated rings. The third-order valence-corrected chi connectivity index (χ3v) is 3.63. The highest BCUT2D eigenvalue weighted by molar-refractivity contribution is 7.15. The van der Waals surface area contributed by atoms with E-state index < -0.39 is 0 Å².